The Morgan fingerprint density at radius 2 is 1.01 bits per heavy atom. The number of hydrogen-bond donors (Lipinski definition) is 0. The molecule has 1 nitrogen and oxygen atoms in total. The van der Waals surface area contributed by atoms with Crippen molar-refractivity contribution in [3.05, 3.63) is 286 Å². The van der Waals surface area contributed by atoms with Crippen molar-refractivity contribution in [2.45, 2.75) is 38.5 Å². The maximum absolute atomic E-state index is 6.53. The van der Waals surface area contributed by atoms with Crippen LogP contribution >= 0.6 is 0 Å². The third kappa shape index (κ3) is 6.76. The monoisotopic (exact) mass is 858 g/mol. The van der Waals surface area contributed by atoms with E-state index in [9.17, 15) is 0 Å². The zero-order chi connectivity index (χ0) is 45.1. The van der Waals surface area contributed by atoms with Gasteiger partial charge in [0.2, 0.25) is 0 Å². The number of furan rings is 1. The molecule has 0 amide bonds. The fourth-order valence-corrected chi connectivity index (χ4v) is 11.4. The lowest BCUT2D eigenvalue weighted by molar-refractivity contribution is 0.670. The first kappa shape index (κ1) is 40.5. The van der Waals surface area contributed by atoms with Gasteiger partial charge in [-0.3, -0.25) is 0 Å². The molecule has 1 heterocycles. The van der Waals surface area contributed by atoms with Crippen molar-refractivity contribution in [1.29, 1.82) is 0 Å². The van der Waals surface area contributed by atoms with Gasteiger partial charge in [-0.05, 0) is 128 Å². The summed E-state index contributed by atoms with van der Waals surface area (Å²) in [6.07, 6.45) is 0.851. The Labute approximate surface area is 393 Å². The summed E-state index contributed by atoms with van der Waals surface area (Å²) in [6, 6.07) is 85.5. The third-order valence-corrected chi connectivity index (χ3v) is 14.6. The van der Waals surface area contributed by atoms with Gasteiger partial charge in [-0.1, -0.05) is 224 Å². The first-order valence-corrected chi connectivity index (χ1v) is 23.6. The molecule has 1 aromatic heterocycles. The molecule has 0 spiro atoms. The van der Waals surface area contributed by atoms with Gasteiger partial charge in [0.25, 0.3) is 0 Å². The number of benzene rings is 10. The number of fused-ring (bicyclic) bond motifs is 6. The Morgan fingerprint density at radius 3 is 1.81 bits per heavy atom. The summed E-state index contributed by atoms with van der Waals surface area (Å²) in [5.41, 5.74) is 24.2. The Kier molecular flexibility index (Phi) is 9.95. The van der Waals surface area contributed by atoms with Crippen molar-refractivity contribution < 1.29 is 4.42 Å². The molecule has 320 valence electrons. The summed E-state index contributed by atoms with van der Waals surface area (Å²) in [5, 5.41) is 2.28. The van der Waals surface area contributed by atoms with Crippen molar-refractivity contribution in [2.24, 2.45) is 0 Å². The number of rotatable bonds is 9. The van der Waals surface area contributed by atoms with Gasteiger partial charge in [-0.15, -0.1) is 0 Å². The molecule has 0 saturated carbocycles. The minimum absolute atomic E-state index is 0.127. The smallest absolute Gasteiger partial charge is 0.143 e. The molecule has 0 radical (unpaired) electrons. The first-order valence-electron chi connectivity index (χ1n) is 23.6. The summed E-state index contributed by atoms with van der Waals surface area (Å²) >= 11 is 0. The van der Waals surface area contributed by atoms with Gasteiger partial charge in [0.15, 0.2) is 0 Å². The SMILES string of the molecule is Cc1ccccc1-c1ccc(C(Cc2ccc3c(c2)C(c2ccccc2)(c2ccc(-c4cccc5c4oc4ccccc45)cc2)c2ccccc2-3)c2ccc(-c3ccccc3)cc2C)cc1C. The lowest BCUT2D eigenvalue weighted by atomic mass is 9.67. The van der Waals surface area contributed by atoms with Crippen LogP contribution in [0.5, 0.6) is 0 Å². The molecule has 2 unspecified atom stereocenters. The molecule has 0 saturated heterocycles. The highest BCUT2D eigenvalue weighted by Gasteiger charge is 2.46. The highest BCUT2D eigenvalue weighted by atomic mass is 16.3. The van der Waals surface area contributed by atoms with E-state index in [1.54, 1.807) is 0 Å². The second-order valence-electron chi connectivity index (χ2n) is 18.5. The molecule has 0 aliphatic heterocycles. The van der Waals surface area contributed by atoms with Crippen LogP contribution in [-0.2, 0) is 11.8 Å². The Morgan fingerprint density at radius 1 is 0.388 bits per heavy atom. The quantitative estimate of drug-likeness (QED) is 0.141. The van der Waals surface area contributed by atoms with Crippen LogP contribution in [0.3, 0.4) is 0 Å². The maximum Gasteiger partial charge on any atom is 0.143 e. The summed E-state index contributed by atoms with van der Waals surface area (Å²) in [4.78, 5) is 0. The van der Waals surface area contributed by atoms with E-state index >= 15 is 0 Å². The molecule has 10 aromatic carbocycles. The van der Waals surface area contributed by atoms with E-state index in [1.165, 1.54) is 89.0 Å². The summed E-state index contributed by atoms with van der Waals surface area (Å²) < 4.78 is 6.53. The third-order valence-electron chi connectivity index (χ3n) is 14.6. The fraction of sp³-hybridized carbons (Fsp3) is 0.0909. The van der Waals surface area contributed by atoms with E-state index in [4.69, 9.17) is 4.42 Å². The molecule has 0 fully saturated rings. The van der Waals surface area contributed by atoms with E-state index in [0.717, 1.165) is 39.5 Å². The number of aryl methyl sites for hydroxylation is 3. The predicted molar refractivity (Wildman–Crippen MR) is 280 cm³/mol. The topological polar surface area (TPSA) is 13.1 Å². The minimum atomic E-state index is -0.540. The molecule has 67 heavy (non-hydrogen) atoms. The minimum Gasteiger partial charge on any atom is -0.455 e. The van der Waals surface area contributed by atoms with Gasteiger partial charge in [-0.25, -0.2) is 0 Å². The molecule has 2 atom stereocenters. The predicted octanol–water partition coefficient (Wildman–Crippen LogP) is 17.2. The van der Waals surface area contributed by atoms with Crippen molar-refractivity contribution in [1.82, 2.24) is 0 Å². The molecule has 11 aromatic rings. The van der Waals surface area contributed by atoms with E-state index in [2.05, 4.69) is 245 Å². The van der Waals surface area contributed by atoms with Crippen molar-refractivity contribution in [3.63, 3.8) is 0 Å². The van der Waals surface area contributed by atoms with Crippen LogP contribution in [0.15, 0.2) is 235 Å². The molecule has 1 heteroatoms. The largest absolute Gasteiger partial charge is 0.455 e. The van der Waals surface area contributed by atoms with Crippen LogP contribution in [0.4, 0.5) is 0 Å². The Balaban J connectivity index is 1.01. The van der Waals surface area contributed by atoms with Gasteiger partial charge in [-0.2, -0.15) is 0 Å². The molecule has 1 aliphatic rings. The number of hydrogen-bond acceptors (Lipinski definition) is 1. The second-order valence-corrected chi connectivity index (χ2v) is 18.5. The van der Waals surface area contributed by atoms with Gasteiger partial charge in [0.05, 0.1) is 5.41 Å². The molecule has 0 N–H and O–H groups in total. The Bertz CT molecular complexity index is 3630. The van der Waals surface area contributed by atoms with E-state index in [1.807, 2.05) is 6.07 Å². The van der Waals surface area contributed by atoms with Crippen LogP contribution in [0.1, 0.15) is 61.6 Å². The normalized spacial score (nSPS) is 14.6. The van der Waals surface area contributed by atoms with Crippen LogP contribution in [-0.4, -0.2) is 0 Å². The maximum atomic E-state index is 6.53. The first-order chi connectivity index (χ1) is 33.0. The molecule has 1 aliphatic carbocycles. The zero-order valence-electron chi connectivity index (χ0n) is 38.1. The van der Waals surface area contributed by atoms with Gasteiger partial charge in [0, 0.05) is 22.3 Å². The molecule has 12 rings (SSSR count). The second kappa shape index (κ2) is 16.5. The summed E-state index contributed by atoms with van der Waals surface area (Å²) in [5.74, 6) is 0.127. The fourth-order valence-electron chi connectivity index (χ4n) is 11.4. The zero-order valence-corrected chi connectivity index (χ0v) is 38.1. The van der Waals surface area contributed by atoms with Crippen molar-refractivity contribution in [3.8, 4) is 44.5 Å². The van der Waals surface area contributed by atoms with Crippen LogP contribution in [0.2, 0.25) is 0 Å². The van der Waals surface area contributed by atoms with E-state index in [-0.39, 0.29) is 5.92 Å². The van der Waals surface area contributed by atoms with Crippen LogP contribution < -0.4 is 0 Å². The van der Waals surface area contributed by atoms with Crippen molar-refractivity contribution in [2.75, 3.05) is 0 Å². The molecular formula is C66H50O. The Hall–Kier alpha value is -8.00. The molecule has 0 bridgehead atoms. The van der Waals surface area contributed by atoms with Crippen molar-refractivity contribution >= 4 is 21.9 Å². The van der Waals surface area contributed by atoms with Gasteiger partial charge in [0.1, 0.15) is 11.2 Å². The van der Waals surface area contributed by atoms with Gasteiger partial charge >= 0.3 is 0 Å². The lowest BCUT2D eigenvalue weighted by Crippen LogP contribution is -2.28. The summed E-state index contributed by atoms with van der Waals surface area (Å²) in [7, 11) is 0. The van der Waals surface area contributed by atoms with Crippen LogP contribution in [0.25, 0.3) is 66.4 Å². The average Bonchev–Trinajstić information content (AvgIpc) is 3.90. The average molecular weight is 859 g/mol. The molecular weight excluding hydrogens is 809 g/mol. The van der Waals surface area contributed by atoms with E-state index in [0.29, 0.717) is 0 Å². The lowest BCUT2D eigenvalue weighted by Gasteiger charge is -2.34. The summed E-state index contributed by atoms with van der Waals surface area (Å²) in [6.45, 7) is 6.78. The van der Waals surface area contributed by atoms with Crippen LogP contribution in [0, 0.1) is 20.8 Å². The van der Waals surface area contributed by atoms with E-state index < -0.39 is 5.41 Å². The highest BCUT2D eigenvalue weighted by Crippen LogP contribution is 2.57. The van der Waals surface area contributed by atoms with Gasteiger partial charge < -0.3 is 4.42 Å². The number of para-hydroxylation sites is 2. The highest BCUT2D eigenvalue weighted by molar-refractivity contribution is 6.09. The standard InChI is InChI=1S/C66H50O/c1-43-17-10-11-22-53(43)54-38-33-50(40-45(54)3)61(55-37-32-49(39-44(55)2)47-18-6-4-7-19-47)41-46-29-36-58-57-23-12-14-27-62(57)66(63(58)42-46,51-20-8-5-9-21-51)52-34-30-48(31-35-52)56-25-16-26-60-59-24-13-15-28-64(59)67-65(56)60/h4-40,42,61H,41H2,1-3H3.